The highest BCUT2D eigenvalue weighted by molar-refractivity contribution is 9.10. The van der Waals surface area contributed by atoms with Crippen molar-refractivity contribution in [2.75, 3.05) is 18.5 Å². The van der Waals surface area contributed by atoms with Gasteiger partial charge in [-0.05, 0) is 49.9 Å². The molecule has 0 saturated heterocycles. The lowest BCUT2D eigenvalue weighted by Crippen LogP contribution is -2.31. The topological polar surface area (TPSA) is 15.3 Å². The number of halogens is 1. The summed E-state index contributed by atoms with van der Waals surface area (Å²) in [6.07, 6.45) is 2.78. The first-order valence-electron chi connectivity index (χ1n) is 6.85. The maximum Gasteiger partial charge on any atom is 0.0423 e. The van der Waals surface area contributed by atoms with Crippen molar-refractivity contribution in [1.82, 2.24) is 5.32 Å². The fourth-order valence-corrected chi connectivity index (χ4v) is 2.74. The van der Waals surface area contributed by atoms with Gasteiger partial charge < -0.3 is 10.2 Å². The van der Waals surface area contributed by atoms with Crippen molar-refractivity contribution in [3.05, 3.63) is 28.2 Å². The van der Waals surface area contributed by atoms with Crippen molar-refractivity contribution >= 4 is 21.6 Å². The first kappa shape index (κ1) is 13.9. The van der Waals surface area contributed by atoms with Crippen molar-refractivity contribution in [2.45, 2.75) is 39.3 Å². The summed E-state index contributed by atoms with van der Waals surface area (Å²) in [6.45, 7) is 6.45. The Morgan fingerprint density at radius 3 is 2.78 bits per heavy atom. The Balaban J connectivity index is 2.19. The number of benzene rings is 1. The minimum atomic E-state index is 0.639. The van der Waals surface area contributed by atoms with Crippen LogP contribution in [0, 0.1) is 5.92 Å². The van der Waals surface area contributed by atoms with E-state index < -0.39 is 0 Å². The molecule has 18 heavy (non-hydrogen) atoms. The lowest BCUT2D eigenvalue weighted by molar-refractivity contribution is 0.605. The van der Waals surface area contributed by atoms with Crippen molar-refractivity contribution in [1.29, 1.82) is 0 Å². The van der Waals surface area contributed by atoms with E-state index in [2.05, 4.69) is 65.2 Å². The number of anilines is 1. The van der Waals surface area contributed by atoms with Crippen LogP contribution in [0.25, 0.3) is 0 Å². The van der Waals surface area contributed by atoms with Gasteiger partial charge in [-0.1, -0.05) is 28.9 Å². The first-order valence-corrected chi connectivity index (χ1v) is 7.64. The molecule has 100 valence electrons. The average Bonchev–Trinajstić information content (AvgIpc) is 3.19. The van der Waals surface area contributed by atoms with Gasteiger partial charge in [-0.2, -0.15) is 0 Å². The molecule has 3 heteroatoms. The van der Waals surface area contributed by atoms with Gasteiger partial charge in [0.2, 0.25) is 0 Å². The molecule has 1 N–H and O–H groups in total. The number of hydrogen-bond acceptors (Lipinski definition) is 2. The molecule has 1 fully saturated rings. The van der Waals surface area contributed by atoms with Crippen molar-refractivity contribution in [3.8, 4) is 0 Å². The van der Waals surface area contributed by atoms with E-state index in [1.165, 1.54) is 24.1 Å². The lowest BCUT2D eigenvalue weighted by Gasteiger charge is -2.29. The Hall–Kier alpha value is -0.540. The summed E-state index contributed by atoms with van der Waals surface area (Å²) in [5, 5.41) is 3.42. The van der Waals surface area contributed by atoms with Gasteiger partial charge >= 0.3 is 0 Å². The molecule has 2 rings (SSSR count). The molecule has 1 aromatic carbocycles. The van der Waals surface area contributed by atoms with Gasteiger partial charge in [-0.15, -0.1) is 0 Å². The van der Waals surface area contributed by atoms with Gasteiger partial charge in [0.15, 0.2) is 0 Å². The van der Waals surface area contributed by atoms with Crippen LogP contribution in [0.5, 0.6) is 0 Å². The summed E-state index contributed by atoms with van der Waals surface area (Å²) in [4.78, 5) is 2.44. The summed E-state index contributed by atoms with van der Waals surface area (Å²) < 4.78 is 1.16. The molecule has 1 saturated carbocycles. The SMILES string of the molecule is CCNCc1ccc(Br)cc1N(C)C(C)C1CC1. The second-order valence-corrected chi connectivity index (χ2v) is 6.16. The van der Waals surface area contributed by atoms with E-state index in [-0.39, 0.29) is 0 Å². The standard InChI is InChI=1S/C15H23BrN2/c1-4-17-10-13-7-8-14(16)9-15(13)18(3)11(2)12-5-6-12/h7-9,11-12,17H,4-6,10H2,1-3H3. The van der Waals surface area contributed by atoms with Crippen LogP contribution in [0.2, 0.25) is 0 Å². The summed E-state index contributed by atoms with van der Waals surface area (Å²) in [6, 6.07) is 7.23. The van der Waals surface area contributed by atoms with E-state index in [1.807, 2.05) is 0 Å². The predicted octanol–water partition coefficient (Wildman–Crippen LogP) is 3.79. The predicted molar refractivity (Wildman–Crippen MR) is 82.1 cm³/mol. The second-order valence-electron chi connectivity index (χ2n) is 5.24. The van der Waals surface area contributed by atoms with E-state index in [9.17, 15) is 0 Å². The largest absolute Gasteiger partial charge is 0.371 e. The third kappa shape index (κ3) is 3.27. The van der Waals surface area contributed by atoms with Gasteiger partial charge in [-0.25, -0.2) is 0 Å². The molecule has 1 unspecified atom stereocenters. The van der Waals surface area contributed by atoms with Crippen LogP contribution in [0.4, 0.5) is 5.69 Å². The maximum atomic E-state index is 3.59. The second kappa shape index (κ2) is 6.07. The van der Waals surface area contributed by atoms with E-state index in [0.29, 0.717) is 6.04 Å². The van der Waals surface area contributed by atoms with Crippen LogP contribution in [0.3, 0.4) is 0 Å². The number of hydrogen-bond donors (Lipinski definition) is 1. The van der Waals surface area contributed by atoms with Crippen LogP contribution in [-0.2, 0) is 6.54 Å². The maximum absolute atomic E-state index is 3.59. The van der Waals surface area contributed by atoms with E-state index in [4.69, 9.17) is 0 Å². The third-order valence-electron chi connectivity index (χ3n) is 3.91. The zero-order valence-electron chi connectivity index (χ0n) is 11.5. The Kier molecular flexibility index (Phi) is 4.68. The molecular weight excluding hydrogens is 288 g/mol. The summed E-state index contributed by atoms with van der Waals surface area (Å²) in [5.41, 5.74) is 2.74. The molecule has 0 spiro atoms. The molecule has 1 atom stereocenters. The molecule has 1 aliphatic carbocycles. The first-order chi connectivity index (χ1) is 8.63. The van der Waals surface area contributed by atoms with E-state index in [0.717, 1.165) is 23.5 Å². The number of nitrogens with zero attached hydrogens (tertiary/aromatic N) is 1. The fraction of sp³-hybridized carbons (Fsp3) is 0.600. The molecular formula is C15H23BrN2. The molecule has 0 radical (unpaired) electrons. The Morgan fingerprint density at radius 1 is 1.44 bits per heavy atom. The monoisotopic (exact) mass is 310 g/mol. The van der Waals surface area contributed by atoms with Crippen molar-refractivity contribution in [3.63, 3.8) is 0 Å². The molecule has 0 amide bonds. The van der Waals surface area contributed by atoms with E-state index in [1.54, 1.807) is 0 Å². The number of rotatable bonds is 6. The lowest BCUT2D eigenvalue weighted by atomic mass is 10.1. The molecule has 1 aromatic rings. The highest BCUT2D eigenvalue weighted by Crippen LogP contribution is 2.37. The summed E-state index contributed by atoms with van der Waals surface area (Å²) in [5.74, 6) is 0.890. The van der Waals surface area contributed by atoms with Crippen LogP contribution in [0.15, 0.2) is 22.7 Å². The minimum Gasteiger partial charge on any atom is -0.371 e. The fourth-order valence-electron chi connectivity index (χ4n) is 2.39. The minimum absolute atomic E-state index is 0.639. The van der Waals surface area contributed by atoms with Gasteiger partial charge in [0.05, 0.1) is 0 Å². The Labute approximate surface area is 119 Å². The van der Waals surface area contributed by atoms with Crippen molar-refractivity contribution in [2.24, 2.45) is 5.92 Å². The van der Waals surface area contributed by atoms with Gasteiger partial charge in [-0.3, -0.25) is 0 Å². The highest BCUT2D eigenvalue weighted by Gasteiger charge is 2.31. The molecule has 0 bridgehead atoms. The molecule has 0 heterocycles. The van der Waals surface area contributed by atoms with Crippen LogP contribution in [0.1, 0.15) is 32.3 Å². The van der Waals surface area contributed by atoms with Crippen molar-refractivity contribution < 1.29 is 0 Å². The average molecular weight is 311 g/mol. The number of nitrogens with one attached hydrogen (secondary N) is 1. The normalized spacial score (nSPS) is 16.7. The van der Waals surface area contributed by atoms with Crippen LogP contribution in [-0.4, -0.2) is 19.6 Å². The van der Waals surface area contributed by atoms with Gasteiger partial charge in [0.1, 0.15) is 0 Å². The van der Waals surface area contributed by atoms with Gasteiger partial charge in [0.25, 0.3) is 0 Å². The van der Waals surface area contributed by atoms with Crippen LogP contribution < -0.4 is 10.2 Å². The molecule has 0 aromatic heterocycles. The zero-order chi connectivity index (χ0) is 13.1. The molecule has 0 aliphatic heterocycles. The molecule has 1 aliphatic rings. The van der Waals surface area contributed by atoms with Crippen LogP contribution >= 0.6 is 15.9 Å². The zero-order valence-corrected chi connectivity index (χ0v) is 13.1. The highest BCUT2D eigenvalue weighted by atomic mass is 79.9. The summed E-state index contributed by atoms with van der Waals surface area (Å²) in [7, 11) is 2.22. The van der Waals surface area contributed by atoms with E-state index >= 15 is 0 Å². The Bertz CT molecular complexity index is 401. The Morgan fingerprint density at radius 2 is 2.17 bits per heavy atom. The molecule has 2 nitrogen and oxygen atoms in total. The summed E-state index contributed by atoms with van der Waals surface area (Å²) >= 11 is 3.59. The quantitative estimate of drug-likeness (QED) is 0.860. The van der Waals surface area contributed by atoms with Gasteiger partial charge in [0, 0.05) is 29.8 Å². The smallest absolute Gasteiger partial charge is 0.0423 e. The third-order valence-corrected chi connectivity index (χ3v) is 4.40.